The van der Waals surface area contributed by atoms with Gasteiger partial charge >= 0.3 is 12.1 Å². The monoisotopic (exact) mass is 285 g/mol. The largest absolute Gasteiger partial charge is 0.465 e. The third-order valence-electron chi connectivity index (χ3n) is 2.59. The van der Waals surface area contributed by atoms with E-state index in [9.17, 15) is 9.59 Å². The number of hydrogen-bond acceptors (Lipinski definition) is 4. The summed E-state index contributed by atoms with van der Waals surface area (Å²) in [6.07, 6.45) is -0.0542. The third kappa shape index (κ3) is 5.30. The van der Waals surface area contributed by atoms with Gasteiger partial charge in [0.25, 0.3) is 0 Å². The zero-order valence-electron chi connectivity index (χ0n) is 11.2. The van der Waals surface area contributed by atoms with Gasteiger partial charge in [-0.15, -0.1) is 11.3 Å². The fraction of sp³-hybridized carbons (Fsp3) is 0.538. The molecule has 0 bridgehead atoms. The number of carbonyl (C=O) groups excluding carboxylic acids is 1. The Kier molecular flexibility index (Phi) is 6.35. The molecule has 0 spiro atoms. The Bertz CT molecular complexity index is 405. The number of esters is 1. The number of hydrogen-bond donors (Lipinski definition) is 1. The maximum absolute atomic E-state index is 11.1. The average Bonchev–Trinajstić information content (AvgIpc) is 2.85. The number of amides is 1. The molecule has 1 N–H and O–H groups in total. The second kappa shape index (κ2) is 7.78. The summed E-state index contributed by atoms with van der Waals surface area (Å²) < 4.78 is 5.25. The number of thiophene rings is 1. The topological polar surface area (TPSA) is 66.8 Å². The van der Waals surface area contributed by atoms with Gasteiger partial charge in [-0.1, -0.05) is 13.0 Å². The third-order valence-corrected chi connectivity index (χ3v) is 3.56. The lowest BCUT2D eigenvalue weighted by Gasteiger charge is -2.22. The molecule has 19 heavy (non-hydrogen) atoms. The van der Waals surface area contributed by atoms with Crippen molar-refractivity contribution < 1.29 is 19.4 Å². The van der Waals surface area contributed by atoms with E-state index in [1.54, 1.807) is 0 Å². The van der Waals surface area contributed by atoms with Crippen LogP contribution >= 0.6 is 11.3 Å². The van der Waals surface area contributed by atoms with Gasteiger partial charge in [-0.25, -0.2) is 4.79 Å². The van der Waals surface area contributed by atoms with Crippen LogP contribution in [0.4, 0.5) is 4.79 Å². The predicted octanol–water partition coefficient (Wildman–Crippen LogP) is 3.13. The molecule has 106 valence electrons. The first-order valence-corrected chi connectivity index (χ1v) is 7.11. The van der Waals surface area contributed by atoms with E-state index in [4.69, 9.17) is 9.84 Å². The normalized spacial score (nSPS) is 11.9. The summed E-state index contributed by atoms with van der Waals surface area (Å²) in [6.45, 7) is 4.14. The van der Waals surface area contributed by atoms with Gasteiger partial charge in [-0.05, 0) is 17.9 Å². The van der Waals surface area contributed by atoms with Crippen molar-refractivity contribution in [3.05, 3.63) is 22.4 Å². The van der Waals surface area contributed by atoms with Gasteiger partial charge in [-0.2, -0.15) is 0 Å². The first-order chi connectivity index (χ1) is 9.04. The van der Waals surface area contributed by atoms with E-state index in [2.05, 4.69) is 0 Å². The van der Waals surface area contributed by atoms with Crippen LogP contribution in [0.2, 0.25) is 0 Å². The molecule has 0 unspecified atom stereocenters. The van der Waals surface area contributed by atoms with Gasteiger partial charge in [0, 0.05) is 31.3 Å². The summed E-state index contributed by atoms with van der Waals surface area (Å²) in [7, 11) is 0. The molecule has 0 fully saturated rings. The Hall–Kier alpha value is -1.56. The molecule has 1 aromatic heterocycles. The van der Waals surface area contributed by atoms with Crippen molar-refractivity contribution in [3.8, 4) is 0 Å². The number of carbonyl (C=O) groups is 2. The Morgan fingerprint density at radius 3 is 2.68 bits per heavy atom. The molecule has 1 heterocycles. The summed E-state index contributed by atoms with van der Waals surface area (Å²) in [6, 6.07) is 3.78. The van der Waals surface area contributed by atoms with Crippen molar-refractivity contribution in [1.29, 1.82) is 0 Å². The van der Waals surface area contributed by atoms with E-state index < -0.39 is 6.09 Å². The highest BCUT2D eigenvalue weighted by Gasteiger charge is 2.19. The lowest BCUT2D eigenvalue weighted by Crippen LogP contribution is -2.32. The molecular weight excluding hydrogens is 266 g/mol. The van der Waals surface area contributed by atoms with E-state index in [1.165, 1.54) is 23.2 Å². The van der Waals surface area contributed by atoms with Crippen LogP contribution in [0.1, 0.15) is 37.7 Å². The highest BCUT2D eigenvalue weighted by Crippen LogP contribution is 2.26. The van der Waals surface area contributed by atoms with E-state index in [-0.39, 0.29) is 12.1 Å². The van der Waals surface area contributed by atoms with Crippen LogP contribution in [0.3, 0.4) is 0 Å². The Morgan fingerprint density at radius 2 is 2.21 bits per heavy atom. The average molecular weight is 285 g/mol. The number of rotatable bonds is 7. The lowest BCUT2D eigenvalue weighted by molar-refractivity contribution is -0.147. The molecule has 6 heteroatoms. The highest BCUT2D eigenvalue weighted by molar-refractivity contribution is 7.10. The summed E-state index contributed by atoms with van der Waals surface area (Å²) in [4.78, 5) is 24.4. The van der Waals surface area contributed by atoms with Crippen molar-refractivity contribution in [3.63, 3.8) is 0 Å². The fourth-order valence-electron chi connectivity index (χ4n) is 1.78. The Morgan fingerprint density at radius 1 is 1.47 bits per heavy atom. The van der Waals surface area contributed by atoms with Crippen LogP contribution in [-0.4, -0.2) is 35.2 Å². The van der Waals surface area contributed by atoms with Gasteiger partial charge in [0.1, 0.15) is 6.10 Å². The minimum atomic E-state index is -0.936. The SMILES string of the molecule is CCCN(CC[C@H](OC(C)=O)c1cccs1)C(=O)O. The van der Waals surface area contributed by atoms with Crippen molar-refractivity contribution in [1.82, 2.24) is 4.90 Å². The van der Waals surface area contributed by atoms with E-state index >= 15 is 0 Å². The van der Waals surface area contributed by atoms with Crippen LogP contribution in [0.5, 0.6) is 0 Å². The molecule has 0 aliphatic heterocycles. The minimum Gasteiger partial charge on any atom is -0.465 e. The second-order valence-electron chi connectivity index (χ2n) is 4.17. The molecular formula is C13H19NO4S. The summed E-state index contributed by atoms with van der Waals surface area (Å²) in [5.74, 6) is -0.351. The van der Waals surface area contributed by atoms with Crippen molar-refractivity contribution in [2.45, 2.75) is 32.8 Å². The minimum absolute atomic E-state index is 0.351. The fourth-order valence-corrected chi connectivity index (χ4v) is 2.57. The van der Waals surface area contributed by atoms with E-state index in [1.807, 2.05) is 24.4 Å². The zero-order chi connectivity index (χ0) is 14.3. The number of nitrogens with zero attached hydrogens (tertiary/aromatic N) is 1. The quantitative estimate of drug-likeness (QED) is 0.782. The molecule has 0 aliphatic carbocycles. The second-order valence-corrected chi connectivity index (χ2v) is 5.15. The lowest BCUT2D eigenvalue weighted by atomic mass is 10.2. The predicted molar refractivity (Wildman–Crippen MR) is 73.3 cm³/mol. The van der Waals surface area contributed by atoms with Crippen LogP contribution in [0, 0.1) is 0 Å². The molecule has 0 radical (unpaired) electrons. The van der Waals surface area contributed by atoms with E-state index in [0.717, 1.165) is 11.3 Å². The first kappa shape index (κ1) is 15.5. The summed E-state index contributed by atoms with van der Waals surface area (Å²) in [5, 5.41) is 11.0. The highest BCUT2D eigenvalue weighted by atomic mass is 32.1. The van der Waals surface area contributed by atoms with Crippen LogP contribution in [0.25, 0.3) is 0 Å². The molecule has 0 aromatic carbocycles. The zero-order valence-corrected chi connectivity index (χ0v) is 12.0. The first-order valence-electron chi connectivity index (χ1n) is 6.23. The molecule has 1 amide bonds. The molecule has 5 nitrogen and oxygen atoms in total. The molecule has 1 rings (SSSR count). The summed E-state index contributed by atoms with van der Waals surface area (Å²) in [5.41, 5.74) is 0. The van der Waals surface area contributed by atoms with Gasteiger partial charge in [0.05, 0.1) is 0 Å². The standard InChI is InChI=1S/C13H19NO4S/c1-3-7-14(13(16)17)8-6-11(18-10(2)15)12-5-4-9-19-12/h4-5,9,11H,3,6-8H2,1-2H3,(H,16,17)/t11-/m0/s1. The van der Waals surface area contributed by atoms with Gasteiger partial charge in [-0.3, -0.25) is 4.79 Å². The number of carboxylic acid groups (broad SMARTS) is 1. The van der Waals surface area contributed by atoms with Crippen molar-refractivity contribution in [2.75, 3.05) is 13.1 Å². The Balaban J connectivity index is 2.62. The van der Waals surface area contributed by atoms with Crippen LogP contribution in [-0.2, 0) is 9.53 Å². The summed E-state index contributed by atoms with van der Waals surface area (Å²) >= 11 is 1.50. The van der Waals surface area contributed by atoms with Gasteiger partial charge < -0.3 is 14.7 Å². The molecule has 0 aliphatic rings. The molecule has 0 saturated carbocycles. The smallest absolute Gasteiger partial charge is 0.407 e. The van der Waals surface area contributed by atoms with Crippen LogP contribution < -0.4 is 0 Å². The number of ether oxygens (including phenoxy) is 1. The molecule has 0 saturated heterocycles. The van der Waals surface area contributed by atoms with Crippen LogP contribution in [0.15, 0.2) is 17.5 Å². The maximum atomic E-state index is 11.1. The Labute approximate surface area is 116 Å². The molecule has 1 aromatic rings. The van der Waals surface area contributed by atoms with E-state index in [0.29, 0.717) is 19.5 Å². The van der Waals surface area contributed by atoms with Crippen molar-refractivity contribution in [2.24, 2.45) is 0 Å². The van der Waals surface area contributed by atoms with Gasteiger partial charge in [0.2, 0.25) is 0 Å². The maximum Gasteiger partial charge on any atom is 0.407 e. The van der Waals surface area contributed by atoms with Gasteiger partial charge in [0.15, 0.2) is 0 Å². The molecule has 1 atom stereocenters. The van der Waals surface area contributed by atoms with Crippen molar-refractivity contribution >= 4 is 23.4 Å².